The topological polar surface area (TPSA) is 86.8 Å². The maximum Gasteiger partial charge on any atom is 0.328 e. The molecule has 0 fully saturated rings. The fourth-order valence-electron chi connectivity index (χ4n) is 1.68. The molecule has 100 valence electrons. The van der Waals surface area contributed by atoms with Crippen molar-refractivity contribution < 1.29 is 4.74 Å². The summed E-state index contributed by atoms with van der Waals surface area (Å²) in [5, 5.41) is 1.30. The van der Waals surface area contributed by atoms with Crippen molar-refractivity contribution >= 4 is 40.1 Å². The summed E-state index contributed by atoms with van der Waals surface area (Å²) in [5.74, 6) is 0.429. The van der Waals surface area contributed by atoms with E-state index in [1.807, 2.05) is 6.07 Å². The number of benzene rings is 1. The highest BCUT2D eigenvalue weighted by Crippen LogP contribution is 2.31. The van der Waals surface area contributed by atoms with Gasteiger partial charge in [0.2, 0.25) is 11.2 Å². The monoisotopic (exact) mass is 307 g/mol. The number of anilines is 1. The summed E-state index contributed by atoms with van der Waals surface area (Å²) >= 11 is 11.8. The van der Waals surface area contributed by atoms with Crippen molar-refractivity contribution in [1.29, 1.82) is 0 Å². The first-order chi connectivity index (χ1) is 9.63. The molecule has 0 amide bonds. The van der Waals surface area contributed by atoms with E-state index in [0.717, 1.165) is 5.39 Å². The lowest BCUT2D eigenvalue weighted by Crippen LogP contribution is -2.00. The number of aromatic nitrogens is 4. The number of fused-ring (bicyclic) bond motifs is 1. The van der Waals surface area contributed by atoms with Gasteiger partial charge in [0, 0.05) is 11.6 Å². The van der Waals surface area contributed by atoms with E-state index in [4.69, 9.17) is 33.7 Å². The van der Waals surface area contributed by atoms with E-state index in [1.165, 1.54) is 0 Å². The highest BCUT2D eigenvalue weighted by atomic mass is 35.5. The van der Waals surface area contributed by atoms with Gasteiger partial charge in [-0.1, -0.05) is 11.6 Å². The Bertz CT molecular complexity index is 776. The Kier molecular flexibility index (Phi) is 3.25. The average molecular weight is 308 g/mol. The lowest BCUT2D eigenvalue weighted by molar-refractivity contribution is 0.444. The molecule has 0 aliphatic heterocycles. The minimum atomic E-state index is -0.0428. The summed E-state index contributed by atoms with van der Waals surface area (Å²) in [4.78, 5) is 15.6. The molecule has 0 saturated heterocycles. The third kappa shape index (κ3) is 2.43. The summed E-state index contributed by atoms with van der Waals surface area (Å²) < 4.78 is 5.56. The fourth-order valence-corrected chi connectivity index (χ4v) is 2.06. The van der Waals surface area contributed by atoms with Crippen LogP contribution in [0.3, 0.4) is 0 Å². The smallest absolute Gasteiger partial charge is 0.328 e. The molecule has 20 heavy (non-hydrogen) atoms. The number of nitrogen functional groups attached to an aromatic ring is 1. The zero-order chi connectivity index (χ0) is 14.1. The van der Waals surface area contributed by atoms with Crippen LogP contribution >= 0.6 is 23.2 Å². The molecule has 2 aromatic heterocycles. The van der Waals surface area contributed by atoms with Crippen molar-refractivity contribution in [3.05, 3.63) is 40.8 Å². The van der Waals surface area contributed by atoms with E-state index in [1.54, 1.807) is 24.4 Å². The largest absolute Gasteiger partial charge is 0.422 e. The van der Waals surface area contributed by atoms with Crippen molar-refractivity contribution in [2.45, 2.75) is 0 Å². The highest BCUT2D eigenvalue weighted by Gasteiger charge is 2.10. The standard InChI is InChI=1S/C12H7Cl2N5O/c13-7-3-4-8(9-6(7)2-1-5-16-9)20-12-18-10(14)17-11(15)19-12/h1-5H,(H2,15,17,18,19). The lowest BCUT2D eigenvalue weighted by Gasteiger charge is -2.07. The van der Waals surface area contributed by atoms with Crippen molar-refractivity contribution in [3.8, 4) is 11.8 Å². The molecule has 2 heterocycles. The lowest BCUT2D eigenvalue weighted by atomic mass is 10.2. The predicted molar refractivity (Wildman–Crippen MR) is 76.1 cm³/mol. The molecule has 0 aliphatic carbocycles. The van der Waals surface area contributed by atoms with Crippen molar-refractivity contribution in [1.82, 2.24) is 19.9 Å². The molecule has 0 radical (unpaired) electrons. The number of hydrogen-bond acceptors (Lipinski definition) is 6. The first kappa shape index (κ1) is 12.8. The highest BCUT2D eigenvalue weighted by molar-refractivity contribution is 6.35. The Morgan fingerprint density at radius 1 is 1.05 bits per heavy atom. The SMILES string of the molecule is Nc1nc(Cl)nc(Oc2ccc(Cl)c3cccnc23)n1. The second kappa shape index (κ2) is 5.07. The second-order valence-electron chi connectivity index (χ2n) is 3.79. The van der Waals surface area contributed by atoms with Crippen LogP contribution < -0.4 is 10.5 Å². The molecule has 0 aliphatic rings. The van der Waals surface area contributed by atoms with Gasteiger partial charge < -0.3 is 10.5 Å². The molecule has 3 rings (SSSR count). The van der Waals surface area contributed by atoms with Gasteiger partial charge in [0.15, 0.2) is 5.75 Å². The molecule has 6 nitrogen and oxygen atoms in total. The minimum absolute atomic E-state index is 0.00299. The van der Waals surface area contributed by atoms with Crippen LogP contribution in [0.1, 0.15) is 0 Å². The van der Waals surface area contributed by atoms with Gasteiger partial charge in [-0.05, 0) is 35.9 Å². The molecule has 1 aromatic carbocycles. The molecular weight excluding hydrogens is 301 g/mol. The minimum Gasteiger partial charge on any atom is -0.422 e. The summed E-state index contributed by atoms with van der Waals surface area (Å²) in [6.45, 7) is 0. The molecule has 0 bridgehead atoms. The third-order valence-electron chi connectivity index (χ3n) is 2.49. The molecule has 0 saturated carbocycles. The van der Waals surface area contributed by atoms with E-state index in [9.17, 15) is 0 Å². The van der Waals surface area contributed by atoms with Crippen LogP contribution in [0.15, 0.2) is 30.5 Å². The second-order valence-corrected chi connectivity index (χ2v) is 4.54. The first-order valence-electron chi connectivity index (χ1n) is 5.51. The van der Waals surface area contributed by atoms with Gasteiger partial charge in [-0.2, -0.15) is 15.0 Å². The van der Waals surface area contributed by atoms with Crippen molar-refractivity contribution in [2.24, 2.45) is 0 Å². The van der Waals surface area contributed by atoms with Crippen LogP contribution in [0.2, 0.25) is 10.3 Å². The van der Waals surface area contributed by atoms with E-state index < -0.39 is 0 Å². The van der Waals surface area contributed by atoms with Crippen LogP contribution in [0.5, 0.6) is 11.8 Å². The Morgan fingerprint density at radius 2 is 1.90 bits per heavy atom. The van der Waals surface area contributed by atoms with Crippen LogP contribution in [0.4, 0.5) is 5.95 Å². The maximum absolute atomic E-state index is 6.10. The number of nitrogens with zero attached hydrogens (tertiary/aromatic N) is 4. The van der Waals surface area contributed by atoms with Crippen molar-refractivity contribution in [2.75, 3.05) is 5.73 Å². The fraction of sp³-hybridized carbons (Fsp3) is 0. The summed E-state index contributed by atoms with van der Waals surface area (Å²) in [7, 11) is 0. The van der Waals surface area contributed by atoms with Gasteiger partial charge in [0.1, 0.15) is 5.52 Å². The molecule has 8 heteroatoms. The van der Waals surface area contributed by atoms with Crippen LogP contribution in [0.25, 0.3) is 10.9 Å². The van der Waals surface area contributed by atoms with Crippen LogP contribution in [-0.2, 0) is 0 Å². The Morgan fingerprint density at radius 3 is 2.70 bits per heavy atom. The number of hydrogen-bond donors (Lipinski definition) is 1. The molecular formula is C12H7Cl2N5O. The first-order valence-corrected chi connectivity index (χ1v) is 6.27. The molecule has 0 atom stereocenters. The quantitative estimate of drug-likeness (QED) is 0.782. The summed E-state index contributed by atoms with van der Waals surface area (Å²) in [5.41, 5.74) is 6.08. The van der Waals surface area contributed by atoms with Gasteiger partial charge in [-0.15, -0.1) is 0 Å². The predicted octanol–water partition coefficient (Wildman–Crippen LogP) is 3.10. The van der Waals surface area contributed by atoms with Gasteiger partial charge in [-0.25, -0.2) is 0 Å². The Hall–Kier alpha value is -2.18. The van der Waals surface area contributed by atoms with Gasteiger partial charge >= 0.3 is 6.01 Å². The molecule has 0 unspecified atom stereocenters. The van der Waals surface area contributed by atoms with E-state index >= 15 is 0 Å². The van der Waals surface area contributed by atoms with Gasteiger partial charge in [0.05, 0.1) is 5.02 Å². The number of halogens is 2. The molecule has 3 aromatic rings. The Labute approximate surface area is 123 Å². The van der Waals surface area contributed by atoms with E-state index in [2.05, 4.69) is 19.9 Å². The van der Waals surface area contributed by atoms with E-state index in [0.29, 0.717) is 16.3 Å². The van der Waals surface area contributed by atoms with E-state index in [-0.39, 0.29) is 17.2 Å². The van der Waals surface area contributed by atoms with Gasteiger partial charge in [0.25, 0.3) is 0 Å². The number of ether oxygens (including phenoxy) is 1. The molecule has 2 N–H and O–H groups in total. The zero-order valence-corrected chi connectivity index (χ0v) is 11.4. The maximum atomic E-state index is 6.10. The average Bonchev–Trinajstić information content (AvgIpc) is 2.41. The molecule has 0 spiro atoms. The number of pyridine rings is 1. The summed E-state index contributed by atoms with van der Waals surface area (Å²) in [6, 6.07) is 7.00. The van der Waals surface area contributed by atoms with Crippen LogP contribution in [0, 0.1) is 0 Å². The third-order valence-corrected chi connectivity index (χ3v) is 2.98. The zero-order valence-electron chi connectivity index (χ0n) is 9.92. The summed E-state index contributed by atoms with van der Waals surface area (Å²) in [6.07, 6.45) is 1.64. The van der Waals surface area contributed by atoms with Gasteiger partial charge in [-0.3, -0.25) is 4.98 Å². The normalized spacial score (nSPS) is 10.7. The number of nitrogens with two attached hydrogens (primary N) is 1. The van der Waals surface area contributed by atoms with Crippen LogP contribution in [-0.4, -0.2) is 19.9 Å². The van der Waals surface area contributed by atoms with Crippen molar-refractivity contribution in [3.63, 3.8) is 0 Å². The number of rotatable bonds is 2. The Balaban J connectivity index is 2.09.